The molecule has 132 valence electrons. The second-order valence-corrected chi connectivity index (χ2v) is 7.10. The fourth-order valence-corrected chi connectivity index (χ4v) is 3.93. The zero-order valence-electron chi connectivity index (χ0n) is 14.1. The highest BCUT2D eigenvalue weighted by Crippen LogP contribution is 2.26. The van der Waals surface area contributed by atoms with Crippen LogP contribution in [0, 0.1) is 16.0 Å². The van der Waals surface area contributed by atoms with Crippen molar-refractivity contribution in [2.75, 3.05) is 24.6 Å². The molecule has 6 heteroatoms. The Kier molecular flexibility index (Phi) is 5.68. The Morgan fingerprint density at radius 2 is 1.62 bits per heavy atom. The molecule has 6 nitrogen and oxygen atoms in total. The number of nitro groups is 1. The van der Waals surface area contributed by atoms with E-state index in [4.69, 9.17) is 0 Å². The largest absolute Gasteiger partial charge is 0.396 e. The predicted molar refractivity (Wildman–Crippen MR) is 94.3 cm³/mol. The van der Waals surface area contributed by atoms with Gasteiger partial charge in [0.05, 0.1) is 4.92 Å². The van der Waals surface area contributed by atoms with Crippen LogP contribution >= 0.6 is 0 Å². The molecule has 1 aromatic carbocycles. The molecule has 0 bridgehead atoms. The van der Waals surface area contributed by atoms with Gasteiger partial charge >= 0.3 is 0 Å². The molecular formula is C18H27N3O3. The average molecular weight is 333 g/mol. The van der Waals surface area contributed by atoms with Crippen LogP contribution in [0.4, 0.5) is 11.4 Å². The van der Waals surface area contributed by atoms with Crippen molar-refractivity contribution in [1.82, 2.24) is 5.32 Å². The Hall–Kier alpha value is -1.66. The molecule has 0 amide bonds. The number of aliphatic hydroxyl groups is 1. The summed E-state index contributed by atoms with van der Waals surface area (Å²) in [5.41, 5.74) is 1.22. The molecule has 1 aliphatic carbocycles. The third kappa shape index (κ3) is 4.24. The Morgan fingerprint density at radius 1 is 1.04 bits per heavy atom. The topological polar surface area (TPSA) is 78.6 Å². The van der Waals surface area contributed by atoms with Gasteiger partial charge in [-0.2, -0.15) is 0 Å². The van der Waals surface area contributed by atoms with Gasteiger partial charge in [0.1, 0.15) is 0 Å². The fourth-order valence-electron chi connectivity index (χ4n) is 3.93. The van der Waals surface area contributed by atoms with E-state index in [9.17, 15) is 15.2 Å². The van der Waals surface area contributed by atoms with Gasteiger partial charge < -0.3 is 15.3 Å². The SMILES string of the molecule is O=[N+]([O-])c1ccc(N2CCC(NC3CCC(CO)CC3)CC2)cc1. The second kappa shape index (κ2) is 7.94. The van der Waals surface area contributed by atoms with E-state index >= 15 is 0 Å². The fraction of sp³-hybridized carbons (Fsp3) is 0.667. The van der Waals surface area contributed by atoms with E-state index in [0.717, 1.165) is 44.5 Å². The molecule has 1 heterocycles. The van der Waals surface area contributed by atoms with Crippen molar-refractivity contribution in [3.8, 4) is 0 Å². The molecule has 2 N–H and O–H groups in total. The molecule has 0 spiro atoms. The first-order valence-corrected chi connectivity index (χ1v) is 9.02. The van der Waals surface area contributed by atoms with E-state index in [0.29, 0.717) is 24.6 Å². The Morgan fingerprint density at radius 3 is 2.17 bits per heavy atom. The minimum Gasteiger partial charge on any atom is -0.396 e. The molecule has 1 saturated carbocycles. The third-order valence-electron chi connectivity index (χ3n) is 5.50. The van der Waals surface area contributed by atoms with Crippen LogP contribution in [0.2, 0.25) is 0 Å². The van der Waals surface area contributed by atoms with Crippen molar-refractivity contribution in [1.29, 1.82) is 0 Å². The normalized spacial score (nSPS) is 25.6. The number of hydrogen-bond donors (Lipinski definition) is 2. The maximum atomic E-state index is 10.7. The minimum atomic E-state index is -0.356. The lowest BCUT2D eigenvalue weighted by Crippen LogP contribution is -2.47. The summed E-state index contributed by atoms with van der Waals surface area (Å²) in [7, 11) is 0. The lowest BCUT2D eigenvalue weighted by molar-refractivity contribution is -0.384. The monoisotopic (exact) mass is 333 g/mol. The highest BCUT2D eigenvalue weighted by Gasteiger charge is 2.25. The van der Waals surface area contributed by atoms with E-state index in [2.05, 4.69) is 10.2 Å². The molecule has 1 saturated heterocycles. The van der Waals surface area contributed by atoms with Crippen molar-refractivity contribution in [3.63, 3.8) is 0 Å². The number of nitrogens with one attached hydrogen (secondary N) is 1. The molecule has 0 unspecified atom stereocenters. The first kappa shape index (κ1) is 17.2. The number of aliphatic hydroxyl groups excluding tert-OH is 1. The number of piperidine rings is 1. The molecule has 2 aliphatic rings. The quantitative estimate of drug-likeness (QED) is 0.640. The zero-order valence-corrected chi connectivity index (χ0v) is 14.1. The van der Waals surface area contributed by atoms with Crippen molar-refractivity contribution >= 4 is 11.4 Å². The summed E-state index contributed by atoms with van der Waals surface area (Å²) in [6, 6.07) is 8.03. The molecule has 0 aromatic heterocycles. The molecular weight excluding hydrogens is 306 g/mol. The Labute approximate surface area is 143 Å². The van der Waals surface area contributed by atoms with Crippen LogP contribution in [0.5, 0.6) is 0 Å². The van der Waals surface area contributed by atoms with Crippen LogP contribution in [0.15, 0.2) is 24.3 Å². The summed E-state index contributed by atoms with van der Waals surface area (Å²) in [4.78, 5) is 12.7. The number of benzene rings is 1. The van der Waals surface area contributed by atoms with E-state index in [1.165, 1.54) is 12.8 Å². The molecule has 2 fully saturated rings. The first-order chi connectivity index (χ1) is 11.7. The molecule has 0 radical (unpaired) electrons. The lowest BCUT2D eigenvalue weighted by Gasteiger charge is -2.37. The van der Waals surface area contributed by atoms with Crippen molar-refractivity contribution in [3.05, 3.63) is 34.4 Å². The van der Waals surface area contributed by atoms with Crippen LogP contribution in [-0.2, 0) is 0 Å². The van der Waals surface area contributed by atoms with Crippen molar-refractivity contribution in [2.24, 2.45) is 5.92 Å². The number of hydrogen-bond acceptors (Lipinski definition) is 5. The van der Waals surface area contributed by atoms with Gasteiger partial charge in [0.2, 0.25) is 0 Å². The second-order valence-electron chi connectivity index (χ2n) is 7.10. The van der Waals surface area contributed by atoms with E-state index in [1.54, 1.807) is 12.1 Å². The highest BCUT2D eigenvalue weighted by atomic mass is 16.6. The summed E-state index contributed by atoms with van der Waals surface area (Å²) in [6.07, 6.45) is 6.83. The summed E-state index contributed by atoms with van der Waals surface area (Å²) < 4.78 is 0. The van der Waals surface area contributed by atoms with Gasteiger partial charge in [0.25, 0.3) is 5.69 Å². The number of anilines is 1. The maximum Gasteiger partial charge on any atom is 0.269 e. The number of rotatable bonds is 5. The smallest absolute Gasteiger partial charge is 0.269 e. The van der Waals surface area contributed by atoms with Gasteiger partial charge in [-0.15, -0.1) is 0 Å². The molecule has 1 aromatic rings. The summed E-state index contributed by atoms with van der Waals surface area (Å²) in [6.45, 7) is 2.31. The predicted octanol–water partition coefficient (Wildman–Crippen LogP) is 2.70. The minimum absolute atomic E-state index is 0.147. The standard InChI is InChI=1S/C18H27N3O3/c22-13-14-1-3-15(4-2-14)19-16-9-11-20(12-10-16)17-5-7-18(8-6-17)21(23)24/h5-8,14-16,19,22H,1-4,9-13H2. The number of non-ortho nitro benzene ring substituents is 1. The molecule has 3 rings (SSSR count). The third-order valence-corrected chi connectivity index (χ3v) is 5.50. The Bertz CT molecular complexity index is 533. The van der Waals surface area contributed by atoms with Gasteiger partial charge in [-0.25, -0.2) is 0 Å². The average Bonchev–Trinajstić information content (AvgIpc) is 2.63. The molecule has 24 heavy (non-hydrogen) atoms. The zero-order chi connectivity index (χ0) is 16.9. The summed E-state index contributed by atoms with van der Waals surface area (Å²) >= 11 is 0. The van der Waals surface area contributed by atoms with Crippen LogP contribution in [0.1, 0.15) is 38.5 Å². The number of nitrogens with zero attached hydrogens (tertiary/aromatic N) is 2. The van der Waals surface area contributed by atoms with E-state index in [-0.39, 0.29) is 10.6 Å². The van der Waals surface area contributed by atoms with Gasteiger partial charge in [0, 0.05) is 49.6 Å². The summed E-state index contributed by atoms with van der Waals surface area (Å²) in [5.74, 6) is 0.507. The van der Waals surface area contributed by atoms with Gasteiger partial charge in [0.15, 0.2) is 0 Å². The number of nitro benzene ring substituents is 1. The van der Waals surface area contributed by atoms with Gasteiger partial charge in [-0.05, 0) is 56.6 Å². The van der Waals surface area contributed by atoms with Crippen molar-refractivity contribution in [2.45, 2.75) is 50.6 Å². The van der Waals surface area contributed by atoms with E-state index < -0.39 is 0 Å². The van der Waals surface area contributed by atoms with Gasteiger partial charge in [-0.1, -0.05) is 0 Å². The lowest BCUT2D eigenvalue weighted by atomic mass is 9.86. The maximum absolute atomic E-state index is 10.7. The molecule has 0 atom stereocenters. The first-order valence-electron chi connectivity index (χ1n) is 9.02. The summed E-state index contributed by atoms with van der Waals surface area (Å²) in [5, 5.41) is 23.8. The van der Waals surface area contributed by atoms with Crippen LogP contribution in [0.25, 0.3) is 0 Å². The highest BCUT2D eigenvalue weighted by molar-refractivity contribution is 5.51. The van der Waals surface area contributed by atoms with Crippen LogP contribution in [0.3, 0.4) is 0 Å². The van der Waals surface area contributed by atoms with Crippen molar-refractivity contribution < 1.29 is 10.0 Å². The van der Waals surface area contributed by atoms with Crippen LogP contribution in [-0.4, -0.2) is 41.8 Å². The molecule has 1 aliphatic heterocycles. The van der Waals surface area contributed by atoms with Crippen LogP contribution < -0.4 is 10.2 Å². The Balaban J connectivity index is 1.45. The van der Waals surface area contributed by atoms with Gasteiger partial charge in [-0.3, -0.25) is 10.1 Å². The van der Waals surface area contributed by atoms with E-state index in [1.807, 2.05) is 12.1 Å².